The van der Waals surface area contributed by atoms with Crippen molar-refractivity contribution >= 4 is 26.1 Å². The van der Waals surface area contributed by atoms with Gasteiger partial charge in [0.15, 0.2) is 0 Å². The second-order valence-electron chi connectivity index (χ2n) is 4.68. The summed E-state index contributed by atoms with van der Waals surface area (Å²) in [5.74, 6) is 0.117. The second-order valence-corrected chi connectivity index (χ2v) is 6.86. The monoisotopic (exact) mass is 296 g/mol. The Bertz CT molecular complexity index is 328. The summed E-state index contributed by atoms with van der Waals surface area (Å²) in [4.78, 5) is 20.7. The lowest BCUT2D eigenvalue weighted by atomic mass is 9.93. The molecule has 1 amide bonds. The highest BCUT2D eigenvalue weighted by Crippen LogP contribution is 2.41. The fourth-order valence-electron chi connectivity index (χ4n) is 1.98. The number of carbonyl (C=O) groups excluding carboxylic acids is 1. The van der Waals surface area contributed by atoms with Crippen molar-refractivity contribution in [2.45, 2.75) is 43.9 Å². The number of carbonyl (C=O) groups is 1. The second kappa shape index (κ2) is 6.91. The van der Waals surface area contributed by atoms with Crippen molar-refractivity contribution in [1.82, 2.24) is 5.32 Å². The molecule has 0 aromatic rings. The molecule has 0 heterocycles. The minimum atomic E-state index is -3.42. The van der Waals surface area contributed by atoms with Crippen LogP contribution in [-0.4, -0.2) is 41.4 Å². The van der Waals surface area contributed by atoms with E-state index in [1.54, 1.807) is 0 Å². The van der Waals surface area contributed by atoms with E-state index >= 15 is 0 Å². The maximum atomic E-state index is 11.6. The summed E-state index contributed by atoms with van der Waals surface area (Å²) < 4.78 is 16.2. The van der Waals surface area contributed by atoms with E-state index in [9.17, 15) is 9.36 Å². The third-order valence-corrected chi connectivity index (χ3v) is 3.98. The van der Waals surface area contributed by atoms with Crippen LogP contribution in [-0.2, 0) is 13.9 Å². The summed E-state index contributed by atoms with van der Waals surface area (Å²) in [5.41, 5.74) is 5.56. The molecule has 1 rings (SSSR count). The van der Waals surface area contributed by atoms with E-state index in [2.05, 4.69) is 17.9 Å². The Morgan fingerprint density at radius 2 is 2.11 bits per heavy atom. The Hall–Kier alpha value is -0.0700. The minimum Gasteiger partial charge on any atom is -0.352 e. The Kier molecular flexibility index (Phi) is 6.14. The summed E-state index contributed by atoms with van der Waals surface area (Å²) in [5, 5.41) is 2.85. The van der Waals surface area contributed by atoms with Crippen LogP contribution >= 0.6 is 20.2 Å². The van der Waals surface area contributed by atoms with Crippen molar-refractivity contribution in [2.24, 2.45) is 5.73 Å². The number of thiol groups is 1. The number of nitrogens with two attached hydrogens (primary N) is 1. The zero-order chi connectivity index (χ0) is 13.8. The standard InChI is InChI=1S/C10H21N2O4PS/c1-17(14,15)16-8-4-2-7(3-5-8)12-10(13)9(11)6-18/h7-9,18H,2-6,11H2,1H3,(H,12,13)(H,14,15)/t7?,8?,9-/m1/s1. The molecule has 1 saturated carbocycles. The molecule has 106 valence electrons. The highest BCUT2D eigenvalue weighted by molar-refractivity contribution is 7.80. The van der Waals surface area contributed by atoms with E-state index in [0.29, 0.717) is 18.6 Å². The molecule has 0 aromatic carbocycles. The first-order valence-corrected chi connectivity index (χ1v) is 8.63. The van der Waals surface area contributed by atoms with Crippen molar-refractivity contribution in [2.75, 3.05) is 12.4 Å². The maximum absolute atomic E-state index is 11.6. The molecule has 1 fully saturated rings. The molecule has 1 aliphatic carbocycles. The van der Waals surface area contributed by atoms with Gasteiger partial charge >= 0.3 is 7.60 Å². The van der Waals surface area contributed by atoms with E-state index in [0.717, 1.165) is 12.8 Å². The van der Waals surface area contributed by atoms with Crippen LogP contribution in [0.15, 0.2) is 0 Å². The van der Waals surface area contributed by atoms with Crippen LogP contribution in [0.1, 0.15) is 25.7 Å². The molecule has 8 heteroatoms. The highest BCUT2D eigenvalue weighted by atomic mass is 32.1. The van der Waals surface area contributed by atoms with Gasteiger partial charge in [-0.15, -0.1) is 0 Å². The van der Waals surface area contributed by atoms with Gasteiger partial charge in [0, 0.05) is 18.5 Å². The van der Waals surface area contributed by atoms with Crippen LogP contribution < -0.4 is 11.1 Å². The van der Waals surface area contributed by atoms with Gasteiger partial charge in [-0.3, -0.25) is 9.36 Å². The quantitative estimate of drug-likeness (QED) is 0.437. The average Bonchev–Trinajstić information content (AvgIpc) is 2.28. The van der Waals surface area contributed by atoms with E-state index in [-0.39, 0.29) is 18.1 Å². The fourth-order valence-corrected chi connectivity index (χ4v) is 2.91. The predicted molar refractivity (Wildman–Crippen MR) is 72.8 cm³/mol. The van der Waals surface area contributed by atoms with Crippen LogP contribution in [0.2, 0.25) is 0 Å². The van der Waals surface area contributed by atoms with Gasteiger partial charge in [0.25, 0.3) is 0 Å². The summed E-state index contributed by atoms with van der Waals surface area (Å²) in [6, 6.07) is -0.520. The molecule has 1 aliphatic rings. The molecule has 6 nitrogen and oxygen atoms in total. The van der Waals surface area contributed by atoms with E-state index in [1.165, 1.54) is 6.66 Å². The van der Waals surface area contributed by atoms with E-state index in [1.807, 2.05) is 0 Å². The fraction of sp³-hybridized carbons (Fsp3) is 0.900. The number of hydrogen-bond donors (Lipinski definition) is 4. The first kappa shape index (κ1) is 16.0. The van der Waals surface area contributed by atoms with E-state index in [4.69, 9.17) is 15.2 Å². The van der Waals surface area contributed by atoms with Crippen molar-refractivity contribution in [3.63, 3.8) is 0 Å². The molecule has 0 bridgehead atoms. The predicted octanol–water partition coefficient (Wildman–Crippen LogP) is 0.503. The summed E-state index contributed by atoms with van der Waals surface area (Å²) >= 11 is 3.97. The van der Waals surface area contributed by atoms with Gasteiger partial charge in [-0.05, 0) is 25.7 Å². The third-order valence-electron chi connectivity index (χ3n) is 2.90. The van der Waals surface area contributed by atoms with Gasteiger partial charge in [0.1, 0.15) is 0 Å². The third kappa shape index (κ3) is 5.71. The normalized spacial score (nSPS) is 29.3. The molecule has 2 atom stereocenters. The zero-order valence-corrected chi connectivity index (χ0v) is 12.2. The smallest absolute Gasteiger partial charge is 0.325 e. The van der Waals surface area contributed by atoms with Crippen LogP contribution in [0.25, 0.3) is 0 Å². The molecule has 18 heavy (non-hydrogen) atoms. The topological polar surface area (TPSA) is 102 Å². The van der Waals surface area contributed by atoms with Crippen molar-refractivity contribution in [1.29, 1.82) is 0 Å². The Morgan fingerprint density at radius 3 is 2.56 bits per heavy atom. The molecule has 1 unspecified atom stereocenters. The molecule has 0 aliphatic heterocycles. The van der Waals surface area contributed by atoms with Crippen molar-refractivity contribution in [3.8, 4) is 0 Å². The lowest BCUT2D eigenvalue weighted by molar-refractivity contribution is -0.122. The van der Waals surface area contributed by atoms with Gasteiger partial charge in [-0.1, -0.05) is 0 Å². The van der Waals surface area contributed by atoms with Gasteiger partial charge in [0.2, 0.25) is 5.91 Å². The molecular formula is C10H21N2O4PS. The SMILES string of the molecule is CP(=O)(O)OC1CCC(NC(=O)[C@H](N)CS)CC1. The maximum Gasteiger partial charge on any atom is 0.325 e. The first-order valence-electron chi connectivity index (χ1n) is 5.97. The zero-order valence-electron chi connectivity index (χ0n) is 10.4. The van der Waals surface area contributed by atoms with Crippen molar-refractivity contribution in [3.05, 3.63) is 0 Å². The van der Waals surface area contributed by atoms with Crippen LogP contribution in [0, 0.1) is 0 Å². The lowest BCUT2D eigenvalue weighted by Crippen LogP contribution is -2.47. The van der Waals surface area contributed by atoms with Crippen molar-refractivity contribution < 1.29 is 18.8 Å². The van der Waals surface area contributed by atoms with Crippen LogP contribution in [0.5, 0.6) is 0 Å². The average molecular weight is 296 g/mol. The Balaban J connectivity index is 2.31. The number of hydrogen-bond acceptors (Lipinski definition) is 5. The van der Waals surface area contributed by atoms with Crippen LogP contribution in [0.4, 0.5) is 0 Å². The first-order chi connectivity index (χ1) is 8.31. The Morgan fingerprint density at radius 1 is 1.56 bits per heavy atom. The summed E-state index contributed by atoms with van der Waals surface area (Å²) in [6.45, 7) is 1.19. The van der Waals surface area contributed by atoms with Gasteiger partial charge in [-0.25, -0.2) is 0 Å². The number of rotatable bonds is 5. The number of nitrogens with one attached hydrogen (secondary N) is 1. The lowest BCUT2D eigenvalue weighted by Gasteiger charge is -2.30. The highest BCUT2D eigenvalue weighted by Gasteiger charge is 2.27. The molecule has 0 radical (unpaired) electrons. The summed E-state index contributed by atoms with van der Waals surface area (Å²) in [7, 11) is -3.42. The molecule has 0 aromatic heterocycles. The molecule has 0 spiro atoms. The molecular weight excluding hydrogens is 275 g/mol. The van der Waals surface area contributed by atoms with Crippen LogP contribution in [0.3, 0.4) is 0 Å². The van der Waals surface area contributed by atoms with E-state index < -0.39 is 13.6 Å². The summed E-state index contributed by atoms with van der Waals surface area (Å²) in [6.07, 6.45) is 2.60. The number of amides is 1. The minimum absolute atomic E-state index is 0.0678. The largest absolute Gasteiger partial charge is 0.352 e. The molecule has 4 N–H and O–H groups in total. The van der Waals surface area contributed by atoms with Gasteiger partial charge in [0.05, 0.1) is 12.1 Å². The van der Waals surface area contributed by atoms with Gasteiger partial charge < -0.3 is 20.5 Å². The Labute approximate surface area is 113 Å². The van der Waals surface area contributed by atoms with Gasteiger partial charge in [-0.2, -0.15) is 12.6 Å². The molecule has 0 saturated heterocycles.